The minimum Gasteiger partial charge on any atom is -0.497 e. The van der Waals surface area contributed by atoms with E-state index in [1.165, 1.54) is 0 Å². The predicted octanol–water partition coefficient (Wildman–Crippen LogP) is 3.73. The quantitative estimate of drug-likeness (QED) is 0.620. The molecule has 0 aliphatic rings. The molecule has 24 heavy (non-hydrogen) atoms. The number of ether oxygens (including phenoxy) is 3. The van der Waals surface area contributed by atoms with Crippen molar-refractivity contribution in [1.82, 2.24) is 0 Å². The van der Waals surface area contributed by atoms with Crippen molar-refractivity contribution >= 4 is 17.6 Å². The van der Waals surface area contributed by atoms with E-state index >= 15 is 0 Å². The molecule has 1 N–H and O–H groups in total. The maximum absolute atomic E-state index is 11.6. The Morgan fingerprint density at radius 1 is 1.04 bits per heavy atom. The fourth-order valence-electron chi connectivity index (χ4n) is 2.25. The second-order valence-electron chi connectivity index (χ2n) is 4.93. The number of carboxylic acids is 1. The third kappa shape index (κ3) is 4.07. The molecule has 0 heterocycles. The van der Waals surface area contributed by atoms with Gasteiger partial charge >= 0.3 is 5.97 Å². The second kappa shape index (κ2) is 8.06. The lowest BCUT2D eigenvalue weighted by atomic mass is 10.0. The molecule has 0 saturated heterocycles. The van der Waals surface area contributed by atoms with Crippen molar-refractivity contribution in [3.05, 3.63) is 53.6 Å². The van der Waals surface area contributed by atoms with Gasteiger partial charge in [0, 0.05) is 0 Å². The van der Waals surface area contributed by atoms with Gasteiger partial charge < -0.3 is 19.3 Å². The molecule has 126 valence electrons. The highest BCUT2D eigenvalue weighted by Gasteiger charge is 2.12. The van der Waals surface area contributed by atoms with E-state index in [9.17, 15) is 9.90 Å². The Morgan fingerprint density at radius 3 is 2.29 bits per heavy atom. The van der Waals surface area contributed by atoms with Crippen LogP contribution in [0.4, 0.5) is 0 Å². The number of benzene rings is 2. The molecule has 5 heteroatoms. The van der Waals surface area contributed by atoms with Crippen molar-refractivity contribution in [1.29, 1.82) is 0 Å². The molecular weight excluding hydrogens is 308 g/mol. The van der Waals surface area contributed by atoms with Crippen LogP contribution in [-0.4, -0.2) is 31.9 Å². The van der Waals surface area contributed by atoms with Gasteiger partial charge in [0.2, 0.25) is 0 Å². The van der Waals surface area contributed by atoms with Gasteiger partial charge in [0.05, 0.1) is 26.4 Å². The number of aliphatic carboxylic acids is 1. The lowest BCUT2D eigenvalue weighted by Crippen LogP contribution is -2.00. The largest absolute Gasteiger partial charge is 0.497 e. The first-order chi connectivity index (χ1) is 11.6. The molecule has 0 spiro atoms. The van der Waals surface area contributed by atoms with E-state index in [4.69, 9.17) is 14.2 Å². The van der Waals surface area contributed by atoms with Gasteiger partial charge in [-0.15, -0.1) is 0 Å². The minimum atomic E-state index is -1.01. The number of rotatable bonds is 7. The van der Waals surface area contributed by atoms with Crippen LogP contribution in [0.5, 0.6) is 17.2 Å². The van der Waals surface area contributed by atoms with Crippen molar-refractivity contribution < 1.29 is 24.1 Å². The normalized spacial score (nSPS) is 11.0. The van der Waals surface area contributed by atoms with Gasteiger partial charge in [-0.3, -0.25) is 0 Å². The summed E-state index contributed by atoms with van der Waals surface area (Å²) in [6.45, 7) is 2.41. The molecule has 2 aromatic rings. The topological polar surface area (TPSA) is 65.0 Å². The van der Waals surface area contributed by atoms with Crippen LogP contribution in [0.2, 0.25) is 0 Å². The highest BCUT2D eigenvalue weighted by Crippen LogP contribution is 2.30. The predicted molar refractivity (Wildman–Crippen MR) is 92.7 cm³/mol. The summed E-state index contributed by atoms with van der Waals surface area (Å²) in [5, 5.41) is 9.52. The Hall–Kier alpha value is -2.95. The molecule has 5 nitrogen and oxygen atoms in total. The Morgan fingerprint density at radius 2 is 1.75 bits per heavy atom. The first kappa shape index (κ1) is 17.4. The molecular formula is C19H20O5. The van der Waals surface area contributed by atoms with Crippen molar-refractivity contribution in [2.45, 2.75) is 6.92 Å². The maximum atomic E-state index is 11.6. The first-order valence-corrected chi connectivity index (χ1v) is 7.49. The highest BCUT2D eigenvalue weighted by atomic mass is 16.5. The van der Waals surface area contributed by atoms with Crippen molar-refractivity contribution in [3.8, 4) is 17.2 Å². The van der Waals surface area contributed by atoms with Gasteiger partial charge in [0.15, 0.2) is 11.5 Å². The second-order valence-corrected chi connectivity index (χ2v) is 4.93. The summed E-state index contributed by atoms with van der Waals surface area (Å²) < 4.78 is 15.9. The Labute approximate surface area is 141 Å². The highest BCUT2D eigenvalue weighted by molar-refractivity contribution is 6.20. The molecule has 0 aliphatic carbocycles. The van der Waals surface area contributed by atoms with Crippen LogP contribution < -0.4 is 14.2 Å². The summed E-state index contributed by atoms with van der Waals surface area (Å²) in [4.78, 5) is 11.6. The van der Waals surface area contributed by atoms with Gasteiger partial charge in [0.1, 0.15) is 5.75 Å². The first-order valence-electron chi connectivity index (χ1n) is 7.49. The smallest absolute Gasteiger partial charge is 0.336 e. The summed E-state index contributed by atoms with van der Waals surface area (Å²) in [6, 6.07) is 12.2. The van der Waals surface area contributed by atoms with E-state index in [0.717, 1.165) is 0 Å². The Kier molecular flexibility index (Phi) is 5.84. The van der Waals surface area contributed by atoms with E-state index in [-0.39, 0.29) is 5.57 Å². The van der Waals surface area contributed by atoms with Crippen molar-refractivity contribution in [2.75, 3.05) is 20.8 Å². The molecule has 0 fully saturated rings. The van der Waals surface area contributed by atoms with Gasteiger partial charge in [-0.1, -0.05) is 18.2 Å². The van der Waals surface area contributed by atoms with E-state index in [2.05, 4.69) is 0 Å². The average molecular weight is 328 g/mol. The lowest BCUT2D eigenvalue weighted by Gasteiger charge is -2.10. The Bertz CT molecular complexity index is 732. The van der Waals surface area contributed by atoms with Crippen LogP contribution in [0.15, 0.2) is 42.5 Å². The maximum Gasteiger partial charge on any atom is 0.336 e. The summed E-state index contributed by atoms with van der Waals surface area (Å²) in [5.41, 5.74) is 1.49. The van der Waals surface area contributed by atoms with Crippen molar-refractivity contribution in [2.24, 2.45) is 0 Å². The summed E-state index contributed by atoms with van der Waals surface area (Å²) in [6.07, 6.45) is 1.60. The molecule has 0 aromatic heterocycles. The van der Waals surface area contributed by atoms with E-state index < -0.39 is 5.97 Å². The molecule has 0 radical (unpaired) electrons. The van der Waals surface area contributed by atoms with Crippen molar-refractivity contribution in [3.63, 3.8) is 0 Å². The van der Waals surface area contributed by atoms with Crippen LogP contribution in [-0.2, 0) is 4.79 Å². The fourth-order valence-corrected chi connectivity index (χ4v) is 2.25. The summed E-state index contributed by atoms with van der Waals surface area (Å²) >= 11 is 0. The molecule has 2 aromatic carbocycles. The van der Waals surface area contributed by atoms with Crippen LogP contribution in [0.3, 0.4) is 0 Å². The molecule has 0 atom stereocenters. The van der Waals surface area contributed by atoms with E-state index in [0.29, 0.717) is 35.0 Å². The summed E-state index contributed by atoms with van der Waals surface area (Å²) in [5.74, 6) is 0.850. The number of carboxylic acid groups (broad SMARTS) is 1. The monoisotopic (exact) mass is 328 g/mol. The lowest BCUT2D eigenvalue weighted by molar-refractivity contribution is -0.130. The van der Waals surface area contributed by atoms with Gasteiger partial charge in [0.25, 0.3) is 0 Å². The zero-order valence-corrected chi connectivity index (χ0v) is 13.9. The van der Waals surface area contributed by atoms with Crippen LogP contribution in [0.25, 0.3) is 11.6 Å². The average Bonchev–Trinajstić information content (AvgIpc) is 2.60. The Balaban J connectivity index is 2.41. The van der Waals surface area contributed by atoms with Gasteiger partial charge in [-0.2, -0.15) is 0 Å². The van der Waals surface area contributed by atoms with E-state index in [1.54, 1.807) is 62.8 Å². The number of carbonyl (C=O) groups is 1. The number of hydrogen-bond acceptors (Lipinski definition) is 4. The standard InChI is InChI=1S/C19H20O5/c1-4-24-17-10-5-13(12-18(17)23-3)11-16(19(20)21)14-6-8-15(22-2)9-7-14/h5-12H,4H2,1-3H3,(H,20,21)/b16-11-. The zero-order valence-electron chi connectivity index (χ0n) is 13.9. The van der Waals surface area contributed by atoms with Gasteiger partial charge in [-0.25, -0.2) is 4.79 Å². The number of methoxy groups -OCH3 is 2. The zero-order chi connectivity index (χ0) is 17.5. The van der Waals surface area contributed by atoms with Crippen LogP contribution >= 0.6 is 0 Å². The molecule has 0 saturated carbocycles. The van der Waals surface area contributed by atoms with Crippen LogP contribution in [0.1, 0.15) is 18.1 Å². The SMILES string of the molecule is CCOc1ccc(/C=C(\C(=O)O)c2ccc(OC)cc2)cc1OC. The summed E-state index contributed by atoms with van der Waals surface area (Å²) in [7, 11) is 3.11. The molecule has 2 rings (SSSR count). The third-order valence-corrected chi connectivity index (χ3v) is 3.43. The third-order valence-electron chi connectivity index (χ3n) is 3.43. The molecule has 0 unspecified atom stereocenters. The molecule has 0 aliphatic heterocycles. The number of hydrogen-bond donors (Lipinski definition) is 1. The van der Waals surface area contributed by atoms with Gasteiger partial charge in [-0.05, 0) is 48.4 Å². The van der Waals surface area contributed by atoms with E-state index in [1.807, 2.05) is 6.92 Å². The van der Waals surface area contributed by atoms with Crippen LogP contribution in [0, 0.1) is 0 Å². The molecule has 0 amide bonds. The molecule has 0 bridgehead atoms. The minimum absolute atomic E-state index is 0.184. The fraction of sp³-hybridized carbons (Fsp3) is 0.211.